The predicted octanol–water partition coefficient (Wildman–Crippen LogP) is -0.789. The van der Waals surface area contributed by atoms with Gasteiger partial charge in [0.25, 0.3) is 0 Å². The number of aliphatic carboxylic acids is 1. The van der Waals surface area contributed by atoms with E-state index in [1.54, 1.807) is 11.8 Å². The Balaban J connectivity index is 2.71. The van der Waals surface area contributed by atoms with Crippen LogP contribution in [-0.4, -0.2) is 36.7 Å². The summed E-state index contributed by atoms with van der Waals surface area (Å²) in [5, 5.41) is 8.04. The molecule has 1 aliphatic heterocycles. The summed E-state index contributed by atoms with van der Waals surface area (Å²) in [6, 6.07) is 0. The van der Waals surface area contributed by atoms with Gasteiger partial charge in [-0.1, -0.05) is 0 Å². The third kappa shape index (κ3) is 1.95. The number of sulfone groups is 1. The average Bonchev–Trinajstić information content (AvgIpc) is 1.79. The minimum atomic E-state index is -3.31. The zero-order valence-corrected chi connectivity index (χ0v) is 6.69. The van der Waals surface area contributed by atoms with Crippen molar-refractivity contribution in [1.82, 2.24) is 0 Å². The lowest BCUT2D eigenvalue weighted by Gasteiger charge is -2.27. The molecule has 0 aliphatic carbocycles. The highest BCUT2D eigenvalue weighted by atomic mass is 32.2. The van der Waals surface area contributed by atoms with Crippen molar-refractivity contribution < 1.29 is 22.7 Å². The molecule has 0 aromatic heterocycles. The van der Waals surface area contributed by atoms with Crippen LogP contribution in [0.3, 0.4) is 0 Å². The molecule has 0 spiro atoms. The van der Waals surface area contributed by atoms with Gasteiger partial charge in [-0.2, -0.15) is 0 Å². The number of rotatable bonds is 0. The molecule has 1 heterocycles. The highest BCUT2D eigenvalue weighted by Gasteiger charge is 2.48. The lowest BCUT2D eigenvalue weighted by molar-refractivity contribution is -0.130. The second-order valence-corrected chi connectivity index (χ2v) is 4.62. The van der Waals surface area contributed by atoms with Crippen LogP contribution in [0.25, 0.3) is 0 Å². The molecule has 0 radical (unpaired) electrons. The maximum Gasteiger partial charge on any atom is 0.382 e. The molecular weight excluding hydrogens is 187 g/mol. The maximum absolute atomic E-state index is 12.9. The Morgan fingerprint density at radius 1 is 1.50 bits per heavy atom. The Hall–Kier alpha value is -1.09. The molecule has 66 valence electrons. The fraction of sp³-hybridized carbons (Fsp3) is 0.500. The third-order valence-corrected chi connectivity index (χ3v) is 3.09. The average molecular weight is 192 g/mol. The second-order valence-electron chi connectivity index (χ2n) is 2.55. The zero-order valence-electron chi connectivity index (χ0n) is 5.87. The summed E-state index contributed by atoms with van der Waals surface area (Å²) in [7, 11) is -3.31. The fourth-order valence-corrected chi connectivity index (χ4v) is 2.35. The standard InChI is InChI=1S/C6H5FO4S/c7-6(2-1-5(8)9)3-12(10,11)4-6/h3-4H2,(H,8,9). The van der Waals surface area contributed by atoms with Crippen molar-refractivity contribution in [2.24, 2.45) is 0 Å². The van der Waals surface area contributed by atoms with E-state index in [-0.39, 0.29) is 0 Å². The molecule has 12 heavy (non-hydrogen) atoms. The summed E-state index contributed by atoms with van der Waals surface area (Å²) in [5.41, 5.74) is -2.14. The van der Waals surface area contributed by atoms with Crippen LogP contribution in [0.15, 0.2) is 0 Å². The van der Waals surface area contributed by atoms with E-state index in [0.29, 0.717) is 0 Å². The van der Waals surface area contributed by atoms with Gasteiger partial charge in [-0.25, -0.2) is 17.6 Å². The molecule has 0 atom stereocenters. The number of alkyl halides is 1. The number of halogens is 1. The highest BCUT2D eigenvalue weighted by Crippen LogP contribution is 2.26. The van der Waals surface area contributed by atoms with Gasteiger partial charge in [0.05, 0.1) is 11.5 Å². The summed E-state index contributed by atoms with van der Waals surface area (Å²) < 4.78 is 33.9. The van der Waals surface area contributed by atoms with Crippen molar-refractivity contribution in [1.29, 1.82) is 0 Å². The van der Waals surface area contributed by atoms with E-state index in [1.165, 1.54) is 0 Å². The smallest absolute Gasteiger partial charge is 0.382 e. The minimum Gasteiger partial charge on any atom is -0.472 e. The fourth-order valence-electron chi connectivity index (χ4n) is 0.893. The maximum atomic E-state index is 12.9. The molecule has 0 amide bonds. The quantitative estimate of drug-likeness (QED) is 0.510. The minimum absolute atomic E-state index is 0.694. The lowest BCUT2D eigenvalue weighted by Crippen LogP contribution is -2.50. The van der Waals surface area contributed by atoms with Crippen molar-refractivity contribution in [3.63, 3.8) is 0 Å². The molecule has 1 fully saturated rings. The lowest BCUT2D eigenvalue weighted by atomic mass is 10.1. The molecule has 6 heteroatoms. The molecule has 0 unspecified atom stereocenters. The van der Waals surface area contributed by atoms with Gasteiger partial charge in [0.2, 0.25) is 0 Å². The Morgan fingerprint density at radius 2 is 2.00 bits per heavy atom. The highest BCUT2D eigenvalue weighted by molar-refractivity contribution is 7.93. The Kier molecular flexibility index (Phi) is 1.84. The molecule has 0 saturated carbocycles. The van der Waals surface area contributed by atoms with Crippen molar-refractivity contribution >= 4 is 15.8 Å². The first-order chi connectivity index (χ1) is 5.33. The third-order valence-electron chi connectivity index (χ3n) is 1.29. The van der Waals surface area contributed by atoms with E-state index in [1.807, 2.05) is 0 Å². The summed E-state index contributed by atoms with van der Waals surface area (Å²) in [6.45, 7) is 0. The SMILES string of the molecule is O=C(O)C#CC1(F)CS(=O)(=O)C1. The molecule has 1 aliphatic rings. The molecule has 1 saturated heterocycles. The number of carbonyl (C=O) groups is 1. The van der Waals surface area contributed by atoms with Gasteiger partial charge in [0.15, 0.2) is 15.5 Å². The van der Waals surface area contributed by atoms with Crippen molar-refractivity contribution in [2.75, 3.05) is 11.5 Å². The Morgan fingerprint density at radius 3 is 2.33 bits per heavy atom. The van der Waals surface area contributed by atoms with E-state index >= 15 is 0 Å². The van der Waals surface area contributed by atoms with E-state index < -0.39 is 33.0 Å². The van der Waals surface area contributed by atoms with E-state index in [2.05, 4.69) is 0 Å². The topological polar surface area (TPSA) is 71.4 Å². The van der Waals surface area contributed by atoms with Crippen molar-refractivity contribution in [2.45, 2.75) is 5.67 Å². The van der Waals surface area contributed by atoms with Gasteiger partial charge >= 0.3 is 5.97 Å². The molecule has 1 N–H and O–H groups in total. The monoisotopic (exact) mass is 192 g/mol. The summed E-state index contributed by atoms with van der Waals surface area (Å²) >= 11 is 0. The summed E-state index contributed by atoms with van der Waals surface area (Å²) in [6.07, 6.45) is 0. The molecular formula is C6H5FO4S. The Bertz CT molecular complexity index is 360. The van der Waals surface area contributed by atoms with Gasteiger partial charge in [0.1, 0.15) is 0 Å². The van der Waals surface area contributed by atoms with Gasteiger partial charge < -0.3 is 5.11 Å². The van der Waals surface area contributed by atoms with E-state index in [0.717, 1.165) is 0 Å². The van der Waals surface area contributed by atoms with Crippen LogP contribution in [0, 0.1) is 11.8 Å². The van der Waals surface area contributed by atoms with Crippen LogP contribution in [-0.2, 0) is 14.6 Å². The normalized spacial score (nSPS) is 23.1. The van der Waals surface area contributed by atoms with Gasteiger partial charge in [-0.05, 0) is 5.92 Å². The number of carboxylic acid groups (broad SMARTS) is 1. The second kappa shape index (κ2) is 2.45. The number of carboxylic acids is 1. The van der Waals surface area contributed by atoms with Gasteiger partial charge in [0, 0.05) is 5.92 Å². The van der Waals surface area contributed by atoms with Gasteiger partial charge in [-0.15, -0.1) is 0 Å². The molecule has 0 bridgehead atoms. The van der Waals surface area contributed by atoms with Crippen LogP contribution >= 0.6 is 0 Å². The van der Waals surface area contributed by atoms with Crippen LogP contribution in [0.5, 0.6) is 0 Å². The van der Waals surface area contributed by atoms with Crippen LogP contribution in [0.2, 0.25) is 0 Å². The first-order valence-corrected chi connectivity index (χ1v) is 4.81. The molecule has 4 nitrogen and oxygen atoms in total. The van der Waals surface area contributed by atoms with Crippen LogP contribution in [0.4, 0.5) is 4.39 Å². The zero-order chi connectivity index (χ0) is 9.41. The molecule has 0 aromatic rings. The number of hydrogen-bond donors (Lipinski definition) is 1. The van der Waals surface area contributed by atoms with Crippen LogP contribution in [0.1, 0.15) is 0 Å². The van der Waals surface area contributed by atoms with Gasteiger partial charge in [-0.3, -0.25) is 0 Å². The molecule has 0 aromatic carbocycles. The summed E-state index contributed by atoms with van der Waals surface area (Å²) in [4.78, 5) is 9.86. The number of hydrogen-bond acceptors (Lipinski definition) is 3. The Labute approximate surface area is 68.3 Å². The first kappa shape index (κ1) is 9.00. The van der Waals surface area contributed by atoms with Crippen molar-refractivity contribution in [3.05, 3.63) is 0 Å². The molecule has 1 rings (SSSR count). The van der Waals surface area contributed by atoms with E-state index in [9.17, 15) is 17.6 Å². The van der Waals surface area contributed by atoms with Crippen LogP contribution < -0.4 is 0 Å². The van der Waals surface area contributed by atoms with Crippen molar-refractivity contribution in [3.8, 4) is 11.8 Å². The summed E-state index contributed by atoms with van der Waals surface area (Å²) in [5.74, 6) is 0.458. The predicted molar refractivity (Wildman–Crippen MR) is 37.9 cm³/mol. The van der Waals surface area contributed by atoms with E-state index in [4.69, 9.17) is 5.11 Å². The first-order valence-electron chi connectivity index (χ1n) is 2.98. The largest absolute Gasteiger partial charge is 0.472 e.